The molecule has 0 amide bonds. The topological polar surface area (TPSA) is 26.3 Å². The second kappa shape index (κ2) is 9.52. The van der Waals surface area contributed by atoms with Crippen LogP contribution in [0.2, 0.25) is 0 Å². The SMILES string of the molecule is CC.CC.CCc1oc(=S)oc1C. The quantitative estimate of drug-likeness (QED) is 0.629. The van der Waals surface area contributed by atoms with Gasteiger partial charge in [0.1, 0.15) is 11.5 Å². The largest absolute Gasteiger partial charge is 0.419 e. The van der Waals surface area contributed by atoms with Crippen molar-refractivity contribution in [2.75, 3.05) is 0 Å². The molecule has 0 aliphatic rings. The van der Waals surface area contributed by atoms with E-state index in [9.17, 15) is 0 Å². The summed E-state index contributed by atoms with van der Waals surface area (Å²) in [5, 5.41) is 0. The van der Waals surface area contributed by atoms with Gasteiger partial charge in [-0.25, -0.2) is 0 Å². The first-order valence-corrected chi connectivity index (χ1v) is 5.24. The highest BCUT2D eigenvalue weighted by Crippen LogP contribution is 2.10. The van der Waals surface area contributed by atoms with Gasteiger partial charge in [0.15, 0.2) is 0 Å². The lowest BCUT2D eigenvalue weighted by atomic mass is 10.3. The van der Waals surface area contributed by atoms with Crippen LogP contribution in [0, 0.1) is 11.8 Å². The molecular formula is C10H20O2S. The Morgan fingerprint density at radius 1 is 1.08 bits per heavy atom. The number of hydrogen-bond acceptors (Lipinski definition) is 3. The van der Waals surface area contributed by atoms with E-state index in [4.69, 9.17) is 8.83 Å². The molecule has 0 aliphatic carbocycles. The van der Waals surface area contributed by atoms with Gasteiger partial charge in [-0.3, -0.25) is 0 Å². The van der Waals surface area contributed by atoms with Crippen molar-refractivity contribution in [3.8, 4) is 0 Å². The normalized spacial score (nSPS) is 7.85. The predicted octanol–water partition coefficient (Wildman–Crippen LogP) is 4.53. The summed E-state index contributed by atoms with van der Waals surface area (Å²) in [7, 11) is 0. The van der Waals surface area contributed by atoms with Crippen LogP contribution in [0.1, 0.15) is 46.1 Å². The molecule has 0 radical (unpaired) electrons. The first-order valence-electron chi connectivity index (χ1n) is 4.83. The van der Waals surface area contributed by atoms with Crippen molar-refractivity contribution in [1.29, 1.82) is 0 Å². The zero-order valence-electron chi connectivity index (χ0n) is 9.43. The van der Waals surface area contributed by atoms with Crippen LogP contribution in [-0.2, 0) is 6.42 Å². The summed E-state index contributed by atoms with van der Waals surface area (Å²) < 4.78 is 9.97. The average molecular weight is 204 g/mol. The molecule has 0 saturated carbocycles. The van der Waals surface area contributed by atoms with Crippen LogP contribution in [0.25, 0.3) is 0 Å². The molecule has 1 heterocycles. The molecular weight excluding hydrogens is 184 g/mol. The lowest BCUT2D eigenvalue weighted by Gasteiger charge is -1.82. The molecule has 0 aliphatic heterocycles. The maximum Gasteiger partial charge on any atom is 0.363 e. The Labute approximate surface area is 86.0 Å². The maximum absolute atomic E-state index is 5.01. The molecule has 1 aromatic heterocycles. The molecule has 0 aromatic carbocycles. The summed E-state index contributed by atoms with van der Waals surface area (Å²) >= 11 is 4.65. The molecule has 0 fully saturated rings. The minimum Gasteiger partial charge on any atom is -0.419 e. The monoisotopic (exact) mass is 204 g/mol. The van der Waals surface area contributed by atoms with E-state index < -0.39 is 0 Å². The zero-order chi connectivity index (χ0) is 10.9. The summed E-state index contributed by atoms with van der Waals surface area (Å²) in [5.41, 5.74) is 0. The molecule has 13 heavy (non-hydrogen) atoms. The van der Waals surface area contributed by atoms with Crippen molar-refractivity contribution in [3.63, 3.8) is 0 Å². The molecule has 0 saturated heterocycles. The van der Waals surface area contributed by atoms with Gasteiger partial charge in [0.25, 0.3) is 0 Å². The van der Waals surface area contributed by atoms with Gasteiger partial charge in [-0.15, -0.1) is 0 Å². The first-order chi connectivity index (χ1) is 6.24. The van der Waals surface area contributed by atoms with Gasteiger partial charge in [-0.05, 0) is 6.92 Å². The van der Waals surface area contributed by atoms with Gasteiger partial charge in [0, 0.05) is 18.6 Å². The second-order valence-corrected chi connectivity index (χ2v) is 2.12. The fraction of sp³-hybridized carbons (Fsp3) is 0.700. The summed E-state index contributed by atoms with van der Waals surface area (Å²) in [5.74, 6) is 1.64. The van der Waals surface area contributed by atoms with Crippen molar-refractivity contribution in [1.82, 2.24) is 0 Å². The van der Waals surface area contributed by atoms with Gasteiger partial charge in [0.2, 0.25) is 0 Å². The van der Waals surface area contributed by atoms with E-state index in [0.29, 0.717) is 0 Å². The van der Waals surface area contributed by atoms with Crippen LogP contribution in [0.15, 0.2) is 8.83 Å². The van der Waals surface area contributed by atoms with E-state index in [1.807, 2.05) is 41.5 Å². The van der Waals surface area contributed by atoms with Gasteiger partial charge in [-0.1, -0.05) is 34.6 Å². The number of aryl methyl sites for hydroxylation is 2. The van der Waals surface area contributed by atoms with Crippen LogP contribution in [-0.4, -0.2) is 0 Å². The fourth-order valence-corrected chi connectivity index (χ4v) is 0.922. The van der Waals surface area contributed by atoms with E-state index in [1.165, 1.54) is 0 Å². The molecule has 2 nitrogen and oxygen atoms in total. The molecule has 0 bridgehead atoms. The van der Waals surface area contributed by atoms with Crippen molar-refractivity contribution in [3.05, 3.63) is 16.4 Å². The van der Waals surface area contributed by atoms with E-state index in [0.717, 1.165) is 17.9 Å². The molecule has 1 rings (SSSR count). The Morgan fingerprint density at radius 2 is 1.54 bits per heavy atom. The maximum atomic E-state index is 5.01. The van der Waals surface area contributed by atoms with Crippen LogP contribution in [0.3, 0.4) is 0 Å². The van der Waals surface area contributed by atoms with Crippen LogP contribution < -0.4 is 0 Å². The van der Waals surface area contributed by atoms with Crippen molar-refractivity contribution >= 4 is 12.2 Å². The van der Waals surface area contributed by atoms with Crippen LogP contribution in [0.5, 0.6) is 0 Å². The minimum absolute atomic E-state index is 0.226. The van der Waals surface area contributed by atoms with Crippen molar-refractivity contribution in [2.45, 2.75) is 48.0 Å². The first kappa shape index (κ1) is 14.9. The Kier molecular flexibility index (Phi) is 10.9. The highest BCUT2D eigenvalue weighted by Gasteiger charge is 2.01. The van der Waals surface area contributed by atoms with E-state index in [-0.39, 0.29) is 4.90 Å². The molecule has 0 N–H and O–H groups in total. The Hall–Kier alpha value is -0.570. The van der Waals surface area contributed by atoms with E-state index >= 15 is 0 Å². The Balaban J connectivity index is 0. The van der Waals surface area contributed by atoms with Crippen molar-refractivity contribution < 1.29 is 8.83 Å². The second-order valence-electron chi connectivity index (χ2n) is 1.79. The third-order valence-corrected chi connectivity index (χ3v) is 1.32. The van der Waals surface area contributed by atoms with Crippen LogP contribution >= 0.6 is 12.2 Å². The fourth-order valence-electron chi connectivity index (χ4n) is 0.696. The van der Waals surface area contributed by atoms with Gasteiger partial charge >= 0.3 is 4.90 Å². The van der Waals surface area contributed by atoms with Crippen LogP contribution in [0.4, 0.5) is 0 Å². The van der Waals surface area contributed by atoms with Crippen molar-refractivity contribution in [2.24, 2.45) is 0 Å². The number of hydrogen-bond donors (Lipinski definition) is 0. The average Bonchev–Trinajstić information content (AvgIpc) is 2.51. The number of rotatable bonds is 1. The molecule has 0 unspecified atom stereocenters. The summed E-state index contributed by atoms with van der Waals surface area (Å²) in [6.45, 7) is 11.8. The third-order valence-electron chi connectivity index (χ3n) is 1.16. The van der Waals surface area contributed by atoms with E-state index in [1.54, 1.807) is 0 Å². The third kappa shape index (κ3) is 5.64. The lowest BCUT2D eigenvalue weighted by Crippen LogP contribution is -1.75. The lowest BCUT2D eigenvalue weighted by molar-refractivity contribution is 0.402. The standard InChI is InChI=1S/C6H8O2S.2C2H6/c1-3-5-4(2)7-6(9)8-5;2*1-2/h3H2,1-2H3;2*1-2H3. The Morgan fingerprint density at radius 3 is 1.69 bits per heavy atom. The minimum atomic E-state index is 0.226. The van der Waals surface area contributed by atoms with Gasteiger partial charge in [-0.2, -0.15) is 0 Å². The molecule has 1 aromatic rings. The smallest absolute Gasteiger partial charge is 0.363 e. The highest BCUT2D eigenvalue weighted by molar-refractivity contribution is 7.71. The molecule has 0 spiro atoms. The summed E-state index contributed by atoms with van der Waals surface area (Å²) in [4.78, 5) is 0.226. The Bertz CT molecular complexity index is 248. The van der Waals surface area contributed by atoms with E-state index in [2.05, 4.69) is 12.2 Å². The highest BCUT2D eigenvalue weighted by atomic mass is 32.1. The molecule has 0 atom stereocenters. The molecule has 3 heteroatoms. The zero-order valence-corrected chi connectivity index (χ0v) is 10.2. The summed E-state index contributed by atoms with van der Waals surface area (Å²) in [6.07, 6.45) is 0.839. The molecule has 78 valence electrons. The van der Waals surface area contributed by atoms with Gasteiger partial charge in [0.05, 0.1) is 0 Å². The van der Waals surface area contributed by atoms with Gasteiger partial charge < -0.3 is 8.83 Å². The summed E-state index contributed by atoms with van der Waals surface area (Å²) in [6, 6.07) is 0. The predicted molar refractivity (Wildman–Crippen MR) is 58.6 cm³/mol.